The summed E-state index contributed by atoms with van der Waals surface area (Å²) in [7, 11) is 1.87. The lowest BCUT2D eigenvalue weighted by Crippen LogP contribution is -1.96. The van der Waals surface area contributed by atoms with Gasteiger partial charge in [0.25, 0.3) is 0 Å². The highest BCUT2D eigenvalue weighted by molar-refractivity contribution is 5.35. The number of rotatable bonds is 2. The van der Waals surface area contributed by atoms with Crippen LogP contribution in [0.25, 0.3) is 0 Å². The minimum atomic E-state index is 0.949. The summed E-state index contributed by atoms with van der Waals surface area (Å²) in [6.07, 6.45) is 3.35. The summed E-state index contributed by atoms with van der Waals surface area (Å²) in [6, 6.07) is 1.88. The van der Waals surface area contributed by atoms with E-state index in [2.05, 4.69) is 17.0 Å². The Balaban J connectivity index is 2.80. The highest BCUT2D eigenvalue weighted by atomic mass is 15.3. The van der Waals surface area contributed by atoms with Crippen LogP contribution < -0.4 is 5.32 Å². The van der Waals surface area contributed by atoms with E-state index in [1.54, 1.807) is 17.1 Å². The van der Waals surface area contributed by atoms with Gasteiger partial charge in [0.15, 0.2) is 0 Å². The summed E-state index contributed by atoms with van der Waals surface area (Å²) < 4.78 is 1.74. The summed E-state index contributed by atoms with van der Waals surface area (Å²) in [4.78, 5) is 0. The smallest absolute Gasteiger partial charge is 0.127 e. The van der Waals surface area contributed by atoms with Gasteiger partial charge in [-0.25, -0.2) is 0 Å². The average molecular weight is 123 g/mol. The molecule has 9 heavy (non-hydrogen) atoms. The first-order valence-electron chi connectivity index (χ1n) is 2.70. The van der Waals surface area contributed by atoms with Crippen LogP contribution in [0.1, 0.15) is 0 Å². The van der Waals surface area contributed by atoms with E-state index < -0.39 is 0 Å². The van der Waals surface area contributed by atoms with Crippen molar-refractivity contribution in [2.75, 3.05) is 5.32 Å². The van der Waals surface area contributed by atoms with Crippen molar-refractivity contribution in [1.29, 1.82) is 0 Å². The molecule has 1 N–H and O–H groups in total. The van der Waals surface area contributed by atoms with E-state index in [0.717, 1.165) is 5.82 Å². The maximum Gasteiger partial charge on any atom is 0.127 e. The molecule has 1 aromatic rings. The largest absolute Gasteiger partial charge is 0.347 e. The highest BCUT2D eigenvalue weighted by Crippen LogP contribution is 2.01. The molecule has 0 amide bonds. The van der Waals surface area contributed by atoms with E-state index in [1.165, 1.54) is 0 Å². The second-order valence-corrected chi connectivity index (χ2v) is 1.69. The summed E-state index contributed by atoms with van der Waals surface area (Å²) in [5.74, 6) is 0.949. The molecule has 0 radical (unpaired) electrons. The molecule has 0 saturated heterocycles. The zero-order valence-electron chi connectivity index (χ0n) is 5.33. The molecule has 0 unspecified atom stereocenters. The minimum Gasteiger partial charge on any atom is -0.347 e. The van der Waals surface area contributed by atoms with Crippen molar-refractivity contribution in [2.45, 2.75) is 0 Å². The number of anilines is 1. The van der Waals surface area contributed by atoms with Gasteiger partial charge in [-0.1, -0.05) is 6.58 Å². The Morgan fingerprint density at radius 2 is 2.67 bits per heavy atom. The monoisotopic (exact) mass is 123 g/mol. The van der Waals surface area contributed by atoms with Crippen LogP contribution in [0.4, 0.5) is 5.82 Å². The Morgan fingerprint density at radius 3 is 3.11 bits per heavy atom. The van der Waals surface area contributed by atoms with Crippen LogP contribution in [0.5, 0.6) is 0 Å². The van der Waals surface area contributed by atoms with Crippen LogP contribution in [0, 0.1) is 0 Å². The van der Waals surface area contributed by atoms with Gasteiger partial charge in [0.05, 0.1) is 6.20 Å². The van der Waals surface area contributed by atoms with Gasteiger partial charge in [-0.05, 0) is 6.20 Å². The van der Waals surface area contributed by atoms with E-state index in [-0.39, 0.29) is 0 Å². The molecule has 0 aliphatic rings. The molecule has 0 bridgehead atoms. The Hall–Kier alpha value is -1.25. The second-order valence-electron chi connectivity index (χ2n) is 1.69. The zero-order valence-corrected chi connectivity index (χ0v) is 5.33. The molecule has 3 heteroatoms. The molecule has 0 saturated carbocycles. The van der Waals surface area contributed by atoms with Gasteiger partial charge >= 0.3 is 0 Å². The third kappa shape index (κ3) is 1.10. The van der Waals surface area contributed by atoms with Crippen molar-refractivity contribution in [3.05, 3.63) is 25.0 Å². The standard InChI is InChI=1S/C6H9N3/c1-3-7-6-4-5-8-9(6)2/h3-5,7H,1H2,2H3. The molecule has 0 aliphatic heterocycles. The quantitative estimate of drug-likeness (QED) is 0.635. The Bertz CT molecular complexity index is 202. The Morgan fingerprint density at radius 1 is 1.89 bits per heavy atom. The molecule has 0 spiro atoms. The van der Waals surface area contributed by atoms with E-state index in [4.69, 9.17) is 0 Å². The van der Waals surface area contributed by atoms with Crippen molar-refractivity contribution < 1.29 is 0 Å². The maximum atomic E-state index is 3.94. The number of hydrogen-bond donors (Lipinski definition) is 1. The van der Waals surface area contributed by atoms with Crippen molar-refractivity contribution in [3.8, 4) is 0 Å². The molecule has 3 nitrogen and oxygen atoms in total. The van der Waals surface area contributed by atoms with Gasteiger partial charge < -0.3 is 5.32 Å². The first kappa shape index (κ1) is 5.88. The lowest BCUT2D eigenvalue weighted by atomic mass is 10.6. The Kier molecular flexibility index (Phi) is 1.53. The first-order chi connectivity index (χ1) is 4.34. The third-order valence-electron chi connectivity index (χ3n) is 1.07. The third-order valence-corrected chi connectivity index (χ3v) is 1.07. The molecule has 1 heterocycles. The second kappa shape index (κ2) is 2.35. The highest BCUT2D eigenvalue weighted by Gasteiger charge is 1.90. The first-order valence-corrected chi connectivity index (χ1v) is 2.70. The van der Waals surface area contributed by atoms with Crippen LogP contribution >= 0.6 is 0 Å². The van der Waals surface area contributed by atoms with Crippen LogP contribution in [0.3, 0.4) is 0 Å². The van der Waals surface area contributed by atoms with Gasteiger partial charge in [-0.3, -0.25) is 4.68 Å². The van der Waals surface area contributed by atoms with Crippen LogP contribution in [-0.2, 0) is 7.05 Å². The topological polar surface area (TPSA) is 29.9 Å². The molecule has 1 rings (SSSR count). The number of aromatic nitrogens is 2. The van der Waals surface area contributed by atoms with Gasteiger partial charge in [0, 0.05) is 13.1 Å². The summed E-state index contributed by atoms with van der Waals surface area (Å²) >= 11 is 0. The van der Waals surface area contributed by atoms with Gasteiger partial charge in [-0.15, -0.1) is 0 Å². The van der Waals surface area contributed by atoms with Crippen molar-refractivity contribution in [2.24, 2.45) is 7.05 Å². The Labute approximate surface area is 54.0 Å². The number of nitrogens with zero attached hydrogens (tertiary/aromatic N) is 2. The summed E-state index contributed by atoms with van der Waals surface area (Å²) in [5.41, 5.74) is 0. The van der Waals surface area contributed by atoms with E-state index in [1.807, 2.05) is 13.1 Å². The fourth-order valence-corrected chi connectivity index (χ4v) is 0.620. The molecular weight excluding hydrogens is 114 g/mol. The van der Waals surface area contributed by atoms with Gasteiger partial charge in [0.1, 0.15) is 5.82 Å². The van der Waals surface area contributed by atoms with E-state index in [0.29, 0.717) is 0 Å². The van der Waals surface area contributed by atoms with Crippen molar-refractivity contribution in [3.63, 3.8) is 0 Å². The SMILES string of the molecule is C=CNc1ccnn1C. The van der Waals surface area contributed by atoms with Crippen LogP contribution in [-0.4, -0.2) is 9.78 Å². The molecule has 0 aromatic carbocycles. The molecule has 48 valence electrons. The van der Waals surface area contributed by atoms with Gasteiger partial charge in [0.2, 0.25) is 0 Å². The minimum absolute atomic E-state index is 0.949. The van der Waals surface area contributed by atoms with Crippen LogP contribution in [0.15, 0.2) is 25.0 Å². The molecule has 0 aliphatic carbocycles. The molecular formula is C6H9N3. The number of hydrogen-bond acceptors (Lipinski definition) is 2. The normalized spacial score (nSPS) is 9.00. The van der Waals surface area contributed by atoms with Crippen LogP contribution in [0.2, 0.25) is 0 Å². The van der Waals surface area contributed by atoms with E-state index in [9.17, 15) is 0 Å². The fraction of sp³-hybridized carbons (Fsp3) is 0.167. The predicted octanol–water partition coefficient (Wildman–Crippen LogP) is 0.975. The average Bonchev–Trinajstić information content (AvgIpc) is 2.18. The van der Waals surface area contributed by atoms with E-state index >= 15 is 0 Å². The summed E-state index contributed by atoms with van der Waals surface area (Å²) in [5, 5.41) is 6.86. The molecule has 0 atom stereocenters. The van der Waals surface area contributed by atoms with Crippen molar-refractivity contribution in [1.82, 2.24) is 9.78 Å². The lowest BCUT2D eigenvalue weighted by molar-refractivity contribution is 0.776. The van der Waals surface area contributed by atoms with Gasteiger partial charge in [-0.2, -0.15) is 5.10 Å². The summed E-state index contributed by atoms with van der Waals surface area (Å²) in [6.45, 7) is 3.52. The fourth-order valence-electron chi connectivity index (χ4n) is 0.620. The number of nitrogens with one attached hydrogen (secondary N) is 1. The number of aryl methyl sites for hydroxylation is 1. The lowest BCUT2D eigenvalue weighted by Gasteiger charge is -1.97. The van der Waals surface area contributed by atoms with Crippen molar-refractivity contribution >= 4 is 5.82 Å². The maximum absolute atomic E-state index is 3.94. The molecule has 0 fully saturated rings. The zero-order chi connectivity index (χ0) is 6.69. The predicted molar refractivity (Wildman–Crippen MR) is 37.0 cm³/mol. The molecule has 1 aromatic heterocycles.